The smallest absolute Gasteiger partial charge is 0.226 e. The fraction of sp³-hybridized carbons (Fsp3) is 0.167. The van der Waals surface area contributed by atoms with Gasteiger partial charge in [0.2, 0.25) is 5.24 Å². The third kappa shape index (κ3) is 2.18. The van der Waals surface area contributed by atoms with E-state index in [-0.39, 0.29) is 11.7 Å². The minimum atomic E-state index is -0.375. The molecule has 1 rings (SSSR count). The van der Waals surface area contributed by atoms with Crippen LogP contribution in [0.25, 0.3) is 0 Å². The molecule has 0 fully saturated rings. The molecule has 0 aliphatic heterocycles. The van der Waals surface area contributed by atoms with Crippen LogP contribution in [0.15, 0.2) is 11.4 Å². The molecule has 0 unspecified atom stereocenters. The zero-order valence-electron chi connectivity index (χ0n) is 5.63. The zero-order chi connectivity index (χ0) is 8.27. The van der Waals surface area contributed by atoms with Crippen molar-refractivity contribution in [3.05, 3.63) is 17.0 Å². The molecule has 0 aliphatic carbocycles. The second-order valence-corrected chi connectivity index (χ2v) is 3.29. The van der Waals surface area contributed by atoms with Crippen molar-refractivity contribution in [3.63, 3.8) is 0 Å². The van der Waals surface area contributed by atoms with Crippen molar-refractivity contribution in [1.82, 2.24) is 0 Å². The van der Waals surface area contributed by atoms with Gasteiger partial charge in [-0.05, 0) is 28.6 Å². The second-order valence-electron chi connectivity index (χ2n) is 1.95. The van der Waals surface area contributed by atoms with Crippen molar-refractivity contribution in [1.29, 1.82) is 0 Å². The van der Waals surface area contributed by atoms with E-state index in [2.05, 4.69) is 5.43 Å². The Kier molecular flexibility index (Phi) is 2.87. The summed E-state index contributed by atoms with van der Waals surface area (Å²) in [6.45, 7) is 0. The largest absolute Gasteiger partial charge is 0.315 e. The van der Waals surface area contributed by atoms with Gasteiger partial charge >= 0.3 is 0 Å². The first-order valence-corrected chi connectivity index (χ1v) is 4.21. The number of thiophene rings is 1. The van der Waals surface area contributed by atoms with E-state index in [4.69, 9.17) is 17.4 Å². The molecular weight excluding hydrogens is 184 g/mol. The molecule has 3 nitrogen and oxygen atoms in total. The Hall–Kier alpha value is -0.580. The van der Waals surface area contributed by atoms with Crippen LogP contribution >= 0.6 is 22.9 Å². The Balaban J connectivity index is 2.76. The molecule has 0 saturated heterocycles. The summed E-state index contributed by atoms with van der Waals surface area (Å²) in [6.07, 6.45) is 0.227. The Morgan fingerprint density at radius 2 is 2.55 bits per heavy atom. The van der Waals surface area contributed by atoms with E-state index in [1.54, 1.807) is 0 Å². The van der Waals surface area contributed by atoms with Crippen LogP contribution in [0.1, 0.15) is 5.56 Å². The molecule has 11 heavy (non-hydrogen) atoms. The Morgan fingerprint density at radius 3 is 3.09 bits per heavy atom. The fourth-order valence-corrected chi connectivity index (χ4v) is 1.62. The van der Waals surface area contributed by atoms with E-state index >= 15 is 0 Å². The van der Waals surface area contributed by atoms with Crippen molar-refractivity contribution in [2.75, 3.05) is 5.43 Å². The first kappa shape index (κ1) is 8.52. The molecule has 0 saturated carbocycles. The summed E-state index contributed by atoms with van der Waals surface area (Å²) < 4.78 is 0. The van der Waals surface area contributed by atoms with Gasteiger partial charge in [-0.15, -0.1) is 11.3 Å². The molecular formula is C6H7ClN2OS. The van der Waals surface area contributed by atoms with Gasteiger partial charge in [0.25, 0.3) is 0 Å². The molecule has 5 heteroatoms. The first-order chi connectivity index (χ1) is 5.24. The quantitative estimate of drug-likeness (QED) is 0.430. The van der Waals surface area contributed by atoms with Crippen LogP contribution in [0, 0.1) is 0 Å². The monoisotopic (exact) mass is 190 g/mol. The molecule has 0 aromatic carbocycles. The van der Waals surface area contributed by atoms with Crippen LogP contribution in [0.2, 0.25) is 0 Å². The minimum Gasteiger partial charge on any atom is -0.315 e. The van der Waals surface area contributed by atoms with E-state index in [9.17, 15) is 4.79 Å². The number of hydrazine groups is 1. The number of halogens is 1. The molecule has 0 radical (unpaired) electrons. The van der Waals surface area contributed by atoms with Gasteiger partial charge in [0.05, 0.1) is 0 Å². The number of rotatable bonds is 3. The Labute approximate surface area is 73.1 Å². The maximum atomic E-state index is 10.5. The van der Waals surface area contributed by atoms with Crippen molar-refractivity contribution < 1.29 is 4.79 Å². The maximum Gasteiger partial charge on any atom is 0.226 e. The number of nitrogens with one attached hydrogen (secondary N) is 1. The third-order valence-electron chi connectivity index (χ3n) is 1.21. The molecule has 3 N–H and O–H groups in total. The lowest BCUT2D eigenvalue weighted by Gasteiger charge is -1.97. The number of nitrogens with two attached hydrogens (primary N) is 1. The predicted octanol–water partition coefficient (Wildman–Crippen LogP) is 1.34. The lowest BCUT2D eigenvalue weighted by Crippen LogP contribution is -2.07. The number of nitrogen functional groups attached to an aromatic ring is 1. The van der Waals surface area contributed by atoms with Gasteiger partial charge < -0.3 is 5.43 Å². The fourth-order valence-electron chi connectivity index (χ4n) is 0.751. The van der Waals surface area contributed by atoms with Crippen molar-refractivity contribution in [2.24, 2.45) is 5.84 Å². The minimum absolute atomic E-state index is 0.227. The van der Waals surface area contributed by atoms with E-state index < -0.39 is 0 Å². The normalized spacial score (nSPS) is 9.64. The maximum absolute atomic E-state index is 10.5. The van der Waals surface area contributed by atoms with E-state index in [0.717, 1.165) is 10.6 Å². The number of hydrogen-bond acceptors (Lipinski definition) is 4. The second kappa shape index (κ2) is 3.71. The lowest BCUT2D eigenvalue weighted by atomic mass is 10.2. The van der Waals surface area contributed by atoms with Gasteiger partial charge in [0, 0.05) is 6.42 Å². The Morgan fingerprint density at radius 1 is 1.82 bits per heavy atom. The highest BCUT2D eigenvalue weighted by Gasteiger charge is 2.05. The topological polar surface area (TPSA) is 55.1 Å². The van der Waals surface area contributed by atoms with Gasteiger partial charge in [-0.25, -0.2) is 5.84 Å². The third-order valence-corrected chi connectivity index (χ3v) is 2.23. The molecule has 0 atom stereocenters. The summed E-state index contributed by atoms with van der Waals surface area (Å²) in [4.78, 5) is 10.5. The van der Waals surface area contributed by atoms with Gasteiger partial charge in [-0.3, -0.25) is 4.79 Å². The molecule has 60 valence electrons. The summed E-state index contributed by atoms with van der Waals surface area (Å²) in [5, 5.41) is 2.27. The van der Waals surface area contributed by atoms with Crippen LogP contribution in [-0.4, -0.2) is 5.24 Å². The van der Waals surface area contributed by atoms with Crippen LogP contribution < -0.4 is 11.3 Å². The standard InChI is InChI=1S/C6H7ClN2OS/c7-5(10)3-4-1-2-11-6(4)9-8/h1-2,9H,3,8H2. The number of carbonyl (C=O) groups excluding carboxylic acids is 1. The Bertz CT molecular complexity index is 261. The van der Waals surface area contributed by atoms with Crippen LogP contribution in [0.4, 0.5) is 5.00 Å². The highest BCUT2D eigenvalue weighted by Crippen LogP contribution is 2.22. The van der Waals surface area contributed by atoms with E-state index in [1.807, 2.05) is 11.4 Å². The molecule has 1 aromatic heterocycles. The van der Waals surface area contributed by atoms with Gasteiger partial charge in [0.1, 0.15) is 5.00 Å². The van der Waals surface area contributed by atoms with Crippen molar-refractivity contribution in [2.45, 2.75) is 6.42 Å². The molecule has 1 heterocycles. The number of hydrogen-bond donors (Lipinski definition) is 2. The number of carbonyl (C=O) groups is 1. The highest BCUT2D eigenvalue weighted by molar-refractivity contribution is 7.14. The van der Waals surface area contributed by atoms with Crippen molar-refractivity contribution >= 4 is 33.2 Å². The van der Waals surface area contributed by atoms with E-state index in [1.165, 1.54) is 11.3 Å². The van der Waals surface area contributed by atoms with Crippen LogP contribution in [0.5, 0.6) is 0 Å². The average molecular weight is 191 g/mol. The molecule has 1 aromatic rings. The molecule has 0 aliphatic rings. The summed E-state index contributed by atoms with van der Waals surface area (Å²) in [5.41, 5.74) is 3.33. The van der Waals surface area contributed by atoms with E-state index in [0.29, 0.717) is 0 Å². The van der Waals surface area contributed by atoms with Gasteiger partial charge in [-0.1, -0.05) is 0 Å². The van der Waals surface area contributed by atoms with Crippen LogP contribution in [-0.2, 0) is 11.2 Å². The van der Waals surface area contributed by atoms with Gasteiger partial charge in [0.15, 0.2) is 0 Å². The highest BCUT2D eigenvalue weighted by atomic mass is 35.5. The molecule has 0 bridgehead atoms. The van der Waals surface area contributed by atoms with Crippen molar-refractivity contribution in [3.8, 4) is 0 Å². The SMILES string of the molecule is NNc1sccc1CC(=O)Cl. The summed E-state index contributed by atoms with van der Waals surface area (Å²) in [7, 11) is 0. The first-order valence-electron chi connectivity index (χ1n) is 2.95. The predicted molar refractivity (Wildman–Crippen MR) is 46.7 cm³/mol. The summed E-state index contributed by atoms with van der Waals surface area (Å²) in [6, 6.07) is 1.82. The lowest BCUT2D eigenvalue weighted by molar-refractivity contribution is -0.111. The zero-order valence-corrected chi connectivity index (χ0v) is 7.21. The molecule has 0 spiro atoms. The van der Waals surface area contributed by atoms with Gasteiger partial charge in [-0.2, -0.15) is 0 Å². The summed E-state index contributed by atoms with van der Waals surface area (Å²) in [5.74, 6) is 5.18. The number of anilines is 1. The summed E-state index contributed by atoms with van der Waals surface area (Å²) >= 11 is 6.64. The molecule has 0 amide bonds. The van der Waals surface area contributed by atoms with Crippen LogP contribution in [0.3, 0.4) is 0 Å². The average Bonchev–Trinajstić information content (AvgIpc) is 2.34.